The maximum Gasteiger partial charge on any atom is 0.269 e. The Labute approximate surface area is 180 Å². The number of nitro benzene ring substituents is 1. The number of hydrogen-bond acceptors (Lipinski definition) is 5. The second-order valence-electron chi connectivity index (χ2n) is 6.81. The molecule has 3 aromatic rings. The molecule has 0 unspecified atom stereocenters. The SMILES string of the molecule is Cc1ccc(S(=O)(=O)N(CC=Cc2ccc([N+](=O)[O-])cc2)c2cccc(C=O)c2)cc1. The average molecular weight is 436 g/mol. The van der Waals surface area contributed by atoms with Crippen LogP contribution in [0.5, 0.6) is 0 Å². The molecule has 0 aromatic heterocycles. The first-order valence-corrected chi connectivity index (χ1v) is 10.8. The quantitative estimate of drug-likeness (QED) is 0.291. The standard InChI is InChI=1S/C23H20N2O5S/c1-18-7-13-23(14-8-18)31(29,30)24(22-6-2-4-20(16-22)17-26)15-3-5-19-9-11-21(12-10-19)25(27)28/h2-14,16-17H,15H2,1H3. The second-order valence-corrected chi connectivity index (χ2v) is 8.68. The van der Waals surface area contributed by atoms with Crippen molar-refractivity contribution in [3.8, 4) is 0 Å². The number of aryl methyl sites for hydroxylation is 1. The summed E-state index contributed by atoms with van der Waals surface area (Å²) < 4.78 is 27.9. The minimum absolute atomic E-state index is 0.00943. The van der Waals surface area contributed by atoms with Crippen molar-refractivity contribution >= 4 is 33.8 Å². The highest BCUT2D eigenvalue weighted by Crippen LogP contribution is 2.25. The third-order valence-electron chi connectivity index (χ3n) is 4.59. The van der Waals surface area contributed by atoms with Gasteiger partial charge in [-0.1, -0.05) is 42.0 Å². The van der Waals surface area contributed by atoms with Gasteiger partial charge >= 0.3 is 0 Å². The number of non-ortho nitro benzene ring substituents is 1. The van der Waals surface area contributed by atoms with Crippen LogP contribution >= 0.6 is 0 Å². The van der Waals surface area contributed by atoms with E-state index in [4.69, 9.17) is 0 Å². The van der Waals surface area contributed by atoms with Crippen molar-refractivity contribution in [2.45, 2.75) is 11.8 Å². The van der Waals surface area contributed by atoms with Gasteiger partial charge in [0.25, 0.3) is 15.7 Å². The van der Waals surface area contributed by atoms with Crippen molar-refractivity contribution in [1.29, 1.82) is 0 Å². The van der Waals surface area contributed by atoms with Crippen LogP contribution in [0.25, 0.3) is 6.08 Å². The van der Waals surface area contributed by atoms with Crippen molar-refractivity contribution in [1.82, 2.24) is 0 Å². The van der Waals surface area contributed by atoms with Gasteiger partial charge in [-0.15, -0.1) is 0 Å². The molecule has 0 aliphatic heterocycles. The van der Waals surface area contributed by atoms with Gasteiger partial charge in [0.05, 0.1) is 22.1 Å². The van der Waals surface area contributed by atoms with E-state index in [1.54, 1.807) is 66.7 Å². The highest BCUT2D eigenvalue weighted by Gasteiger charge is 2.24. The molecule has 0 heterocycles. The van der Waals surface area contributed by atoms with Crippen molar-refractivity contribution in [2.75, 3.05) is 10.8 Å². The Morgan fingerprint density at radius 1 is 0.968 bits per heavy atom. The highest BCUT2D eigenvalue weighted by atomic mass is 32.2. The van der Waals surface area contributed by atoms with E-state index in [0.29, 0.717) is 23.1 Å². The molecule has 0 N–H and O–H groups in total. The normalized spacial score (nSPS) is 11.4. The van der Waals surface area contributed by atoms with Crippen molar-refractivity contribution < 1.29 is 18.1 Å². The highest BCUT2D eigenvalue weighted by molar-refractivity contribution is 7.92. The number of carbonyl (C=O) groups is 1. The molecule has 0 aliphatic rings. The molecule has 0 amide bonds. The summed E-state index contributed by atoms with van der Waals surface area (Å²) in [4.78, 5) is 21.6. The lowest BCUT2D eigenvalue weighted by Crippen LogP contribution is -2.31. The lowest BCUT2D eigenvalue weighted by Gasteiger charge is -2.23. The predicted molar refractivity (Wildman–Crippen MR) is 120 cm³/mol. The summed E-state index contributed by atoms with van der Waals surface area (Å²) in [5, 5.41) is 10.8. The lowest BCUT2D eigenvalue weighted by atomic mass is 10.2. The molecule has 0 atom stereocenters. The van der Waals surface area contributed by atoms with Gasteiger partial charge < -0.3 is 0 Å². The van der Waals surface area contributed by atoms with E-state index in [-0.39, 0.29) is 17.1 Å². The molecule has 0 bridgehead atoms. The molecule has 8 heteroatoms. The van der Waals surface area contributed by atoms with Crippen LogP contribution in [0, 0.1) is 17.0 Å². The molecular formula is C23H20N2O5S. The number of carbonyl (C=O) groups excluding carboxylic acids is 1. The van der Waals surface area contributed by atoms with Crippen LogP contribution in [0.1, 0.15) is 21.5 Å². The number of benzene rings is 3. The van der Waals surface area contributed by atoms with Gasteiger partial charge in [0.1, 0.15) is 6.29 Å². The molecule has 0 aliphatic carbocycles. The average Bonchev–Trinajstić information content (AvgIpc) is 2.77. The molecule has 158 valence electrons. The lowest BCUT2D eigenvalue weighted by molar-refractivity contribution is -0.384. The summed E-state index contributed by atoms with van der Waals surface area (Å²) in [5.74, 6) is 0. The van der Waals surface area contributed by atoms with Crippen molar-refractivity contribution in [3.05, 3.63) is 106 Å². The number of rotatable bonds is 8. The minimum atomic E-state index is -3.89. The van der Waals surface area contributed by atoms with Gasteiger partial charge in [-0.3, -0.25) is 19.2 Å². The Morgan fingerprint density at radius 3 is 2.26 bits per heavy atom. The number of hydrogen-bond donors (Lipinski definition) is 0. The Bertz CT molecular complexity index is 1220. The minimum Gasteiger partial charge on any atom is -0.298 e. The monoisotopic (exact) mass is 436 g/mol. The molecule has 0 saturated carbocycles. The Balaban J connectivity index is 1.94. The van der Waals surface area contributed by atoms with Gasteiger partial charge in [0, 0.05) is 17.7 Å². The van der Waals surface area contributed by atoms with Gasteiger partial charge in [0.15, 0.2) is 0 Å². The molecular weight excluding hydrogens is 416 g/mol. The molecule has 0 spiro atoms. The van der Waals surface area contributed by atoms with Crippen LogP contribution in [0.2, 0.25) is 0 Å². The maximum absolute atomic E-state index is 13.3. The van der Waals surface area contributed by atoms with E-state index in [0.717, 1.165) is 5.56 Å². The summed E-state index contributed by atoms with van der Waals surface area (Å²) >= 11 is 0. The zero-order valence-corrected chi connectivity index (χ0v) is 17.5. The molecule has 0 fully saturated rings. The largest absolute Gasteiger partial charge is 0.298 e. The fraction of sp³-hybridized carbons (Fsp3) is 0.0870. The van der Waals surface area contributed by atoms with E-state index in [1.165, 1.54) is 22.5 Å². The predicted octanol–water partition coefficient (Wildman–Crippen LogP) is 4.62. The van der Waals surface area contributed by atoms with Crippen LogP contribution in [-0.2, 0) is 10.0 Å². The number of sulfonamides is 1. The zero-order valence-electron chi connectivity index (χ0n) is 16.7. The van der Waals surface area contributed by atoms with Gasteiger partial charge in [-0.05, 0) is 48.9 Å². The third-order valence-corrected chi connectivity index (χ3v) is 6.40. The number of nitro groups is 1. The molecule has 0 saturated heterocycles. The Morgan fingerprint density at radius 2 is 1.65 bits per heavy atom. The van der Waals surface area contributed by atoms with Crippen molar-refractivity contribution in [3.63, 3.8) is 0 Å². The van der Waals surface area contributed by atoms with Crippen LogP contribution in [-0.4, -0.2) is 26.2 Å². The molecule has 3 aromatic carbocycles. The van der Waals surface area contributed by atoms with Gasteiger partial charge in [-0.25, -0.2) is 8.42 Å². The number of nitrogens with zero attached hydrogens (tertiary/aromatic N) is 2. The Hall–Kier alpha value is -3.78. The van der Waals surface area contributed by atoms with Gasteiger partial charge in [-0.2, -0.15) is 0 Å². The third kappa shape index (κ3) is 5.23. The van der Waals surface area contributed by atoms with Crippen LogP contribution < -0.4 is 4.31 Å². The van der Waals surface area contributed by atoms with E-state index in [2.05, 4.69) is 0 Å². The fourth-order valence-electron chi connectivity index (χ4n) is 2.92. The Kier molecular flexibility index (Phi) is 6.61. The molecule has 3 rings (SSSR count). The summed E-state index contributed by atoms with van der Waals surface area (Å²) in [7, 11) is -3.89. The number of anilines is 1. The molecule has 7 nitrogen and oxygen atoms in total. The van der Waals surface area contributed by atoms with E-state index in [9.17, 15) is 23.3 Å². The van der Waals surface area contributed by atoms with Gasteiger partial charge in [0.2, 0.25) is 0 Å². The van der Waals surface area contributed by atoms with Crippen LogP contribution in [0.4, 0.5) is 11.4 Å². The first-order valence-electron chi connectivity index (χ1n) is 9.37. The maximum atomic E-state index is 13.3. The number of aldehydes is 1. The summed E-state index contributed by atoms with van der Waals surface area (Å²) in [6.45, 7) is 1.88. The first-order chi connectivity index (χ1) is 14.8. The summed E-state index contributed by atoms with van der Waals surface area (Å²) in [5.41, 5.74) is 2.33. The topological polar surface area (TPSA) is 97.6 Å². The van der Waals surface area contributed by atoms with Crippen LogP contribution in [0.15, 0.2) is 83.8 Å². The second kappa shape index (κ2) is 9.36. The molecule has 31 heavy (non-hydrogen) atoms. The van der Waals surface area contributed by atoms with Crippen LogP contribution in [0.3, 0.4) is 0 Å². The smallest absolute Gasteiger partial charge is 0.269 e. The first kappa shape index (κ1) is 21.9. The fourth-order valence-corrected chi connectivity index (χ4v) is 4.33. The summed E-state index contributed by atoms with van der Waals surface area (Å²) in [6, 6.07) is 18.8. The van der Waals surface area contributed by atoms with Crippen molar-refractivity contribution in [2.24, 2.45) is 0 Å². The van der Waals surface area contributed by atoms with E-state index < -0.39 is 14.9 Å². The molecule has 0 radical (unpaired) electrons. The van der Waals surface area contributed by atoms with E-state index >= 15 is 0 Å². The zero-order chi connectivity index (χ0) is 22.4. The van der Waals surface area contributed by atoms with E-state index in [1.807, 2.05) is 6.92 Å². The summed E-state index contributed by atoms with van der Waals surface area (Å²) in [6.07, 6.45) is 4.00.